The molecule has 0 radical (unpaired) electrons. The van der Waals surface area contributed by atoms with Crippen LogP contribution in [-0.4, -0.2) is 36.1 Å². The Morgan fingerprint density at radius 1 is 1.14 bits per heavy atom. The molecule has 1 saturated heterocycles. The van der Waals surface area contributed by atoms with Crippen molar-refractivity contribution in [3.63, 3.8) is 0 Å². The summed E-state index contributed by atoms with van der Waals surface area (Å²) in [5.41, 5.74) is 5.92. The number of aryl methyl sites for hydroxylation is 2. The Labute approximate surface area is 165 Å². The number of nitrogens with one attached hydrogen (secondary N) is 2. The predicted molar refractivity (Wildman–Crippen MR) is 113 cm³/mol. The third kappa shape index (κ3) is 3.57. The summed E-state index contributed by atoms with van der Waals surface area (Å²) < 4.78 is 5.22. The van der Waals surface area contributed by atoms with E-state index in [1.54, 1.807) is 7.11 Å². The molecular formula is C23H27N3O2. The summed E-state index contributed by atoms with van der Waals surface area (Å²) in [7, 11) is 1.62. The molecule has 0 aliphatic carbocycles. The number of aromatic amines is 1. The van der Waals surface area contributed by atoms with Crippen LogP contribution in [0.5, 0.6) is 5.75 Å². The van der Waals surface area contributed by atoms with Gasteiger partial charge in [0.25, 0.3) is 0 Å². The SMILES string of the molecule is COc1cccc(NC(=O)N2CCC(c3[nH]c4ccc(C)cc4c3C)CC2)c1. The van der Waals surface area contributed by atoms with Crippen LogP contribution in [-0.2, 0) is 0 Å². The monoisotopic (exact) mass is 377 g/mol. The summed E-state index contributed by atoms with van der Waals surface area (Å²) in [6.07, 6.45) is 1.94. The number of likely N-dealkylation sites (tertiary alicyclic amines) is 1. The van der Waals surface area contributed by atoms with Crippen LogP contribution >= 0.6 is 0 Å². The number of anilines is 1. The van der Waals surface area contributed by atoms with Gasteiger partial charge in [-0.05, 0) is 56.5 Å². The molecule has 2 amide bonds. The molecule has 28 heavy (non-hydrogen) atoms. The highest BCUT2D eigenvalue weighted by Crippen LogP contribution is 2.34. The number of methoxy groups -OCH3 is 1. The first-order valence-electron chi connectivity index (χ1n) is 9.84. The average Bonchev–Trinajstić information content (AvgIpc) is 3.04. The number of amides is 2. The number of hydrogen-bond acceptors (Lipinski definition) is 2. The number of H-pyrrole nitrogens is 1. The fourth-order valence-electron chi connectivity index (χ4n) is 4.14. The molecule has 1 aromatic heterocycles. The lowest BCUT2D eigenvalue weighted by atomic mass is 9.91. The summed E-state index contributed by atoms with van der Waals surface area (Å²) in [5, 5.41) is 4.29. The summed E-state index contributed by atoms with van der Waals surface area (Å²) in [6.45, 7) is 5.85. The number of ether oxygens (including phenoxy) is 1. The molecule has 0 spiro atoms. The molecule has 3 aromatic rings. The summed E-state index contributed by atoms with van der Waals surface area (Å²) in [6, 6.07) is 14.0. The van der Waals surface area contributed by atoms with Crippen LogP contribution in [0.1, 0.15) is 35.6 Å². The molecule has 2 heterocycles. The zero-order valence-electron chi connectivity index (χ0n) is 16.7. The van der Waals surface area contributed by atoms with Crippen molar-refractivity contribution in [1.29, 1.82) is 0 Å². The van der Waals surface area contributed by atoms with Crippen LogP contribution in [0.2, 0.25) is 0 Å². The van der Waals surface area contributed by atoms with E-state index in [-0.39, 0.29) is 6.03 Å². The van der Waals surface area contributed by atoms with Crippen LogP contribution in [0.25, 0.3) is 10.9 Å². The second kappa shape index (κ2) is 7.58. The highest BCUT2D eigenvalue weighted by atomic mass is 16.5. The number of carbonyl (C=O) groups is 1. The maximum Gasteiger partial charge on any atom is 0.321 e. The van der Waals surface area contributed by atoms with Gasteiger partial charge in [0.2, 0.25) is 0 Å². The Bertz CT molecular complexity index is 1000. The van der Waals surface area contributed by atoms with Crippen LogP contribution in [0.4, 0.5) is 10.5 Å². The molecule has 4 rings (SSSR count). The Morgan fingerprint density at radius 2 is 1.93 bits per heavy atom. The third-order valence-corrected chi connectivity index (χ3v) is 5.76. The van der Waals surface area contributed by atoms with E-state index < -0.39 is 0 Å². The summed E-state index contributed by atoms with van der Waals surface area (Å²) in [5.74, 6) is 1.20. The molecule has 0 unspecified atom stereocenters. The van der Waals surface area contributed by atoms with Gasteiger partial charge in [0.15, 0.2) is 0 Å². The molecule has 1 aliphatic rings. The van der Waals surface area contributed by atoms with Crippen LogP contribution in [0, 0.1) is 13.8 Å². The van der Waals surface area contributed by atoms with Crippen molar-refractivity contribution in [3.05, 3.63) is 59.3 Å². The minimum Gasteiger partial charge on any atom is -0.497 e. The first-order valence-corrected chi connectivity index (χ1v) is 9.84. The highest BCUT2D eigenvalue weighted by Gasteiger charge is 2.26. The average molecular weight is 377 g/mol. The van der Waals surface area contributed by atoms with E-state index in [9.17, 15) is 4.79 Å². The van der Waals surface area contributed by atoms with Gasteiger partial charge in [0, 0.05) is 47.4 Å². The van der Waals surface area contributed by atoms with E-state index >= 15 is 0 Å². The number of carbonyl (C=O) groups excluding carboxylic acids is 1. The maximum absolute atomic E-state index is 12.6. The minimum absolute atomic E-state index is 0.0457. The van der Waals surface area contributed by atoms with E-state index in [0.29, 0.717) is 5.92 Å². The van der Waals surface area contributed by atoms with E-state index in [1.165, 1.54) is 27.7 Å². The van der Waals surface area contributed by atoms with Crippen LogP contribution < -0.4 is 10.1 Å². The molecule has 1 fully saturated rings. The van der Waals surface area contributed by atoms with Gasteiger partial charge in [-0.25, -0.2) is 4.79 Å². The van der Waals surface area contributed by atoms with E-state index in [0.717, 1.165) is 37.4 Å². The molecule has 146 valence electrons. The van der Waals surface area contributed by atoms with Crippen molar-refractivity contribution in [1.82, 2.24) is 9.88 Å². The van der Waals surface area contributed by atoms with Gasteiger partial charge in [-0.15, -0.1) is 0 Å². The fraction of sp³-hybridized carbons (Fsp3) is 0.348. The molecule has 0 bridgehead atoms. The first kappa shape index (κ1) is 18.4. The largest absolute Gasteiger partial charge is 0.497 e. The zero-order chi connectivity index (χ0) is 19.7. The Kier molecular flexibility index (Phi) is 4.99. The fourth-order valence-corrected chi connectivity index (χ4v) is 4.14. The predicted octanol–water partition coefficient (Wildman–Crippen LogP) is 5.20. The molecular weight excluding hydrogens is 350 g/mol. The van der Waals surface area contributed by atoms with Gasteiger partial charge in [0.05, 0.1) is 7.11 Å². The highest BCUT2D eigenvalue weighted by molar-refractivity contribution is 5.89. The topological polar surface area (TPSA) is 57.4 Å². The molecule has 5 nitrogen and oxygen atoms in total. The number of urea groups is 1. The second-order valence-corrected chi connectivity index (χ2v) is 7.64. The number of nitrogens with zero attached hydrogens (tertiary/aromatic N) is 1. The quantitative estimate of drug-likeness (QED) is 0.659. The standard InChI is InChI=1S/C23H27N3O2/c1-15-7-8-21-20(13-15)16(2)22(25-21)17-9-11-26(12-10-17)23(27)24-18-5-4-6-19(14-18)28-3/h4-8,13-14,17,25H,9-12H2,1-3H3,(H,24,27). The van der Waals surface area contributed by atoms with Gasteiger partial charge >= 0.3 is 6.03 Å². The van der Waals surface area contributed by atoms with Gasteiger partial charge in [0.1, 0.15) is 5.75 Å². The molecule has 5 heteroatoms. The maximum atomic E-state index is 12.6. The van der Waals surface area contributed by atoms with E-state index in [4.69, 9.17) is 4.74 Å². The lowest BCUT2D eigenvalue weighted by Gasteiger charge is -2.32. The molecule has 2 N–H and O–H groups in total. The van der Waals surface area contributed by atoms with Gasteiger partial charge in [-0.1, -0.05) is 17.7 Å². The normalized spacial score (nSPS) is 15.0. The molecule has 2 aromatic carbocycles. The Morgan fingerprint density at radius 3 is 2.68 bits per heavy atom. The summed E-state index contributed by atoms with van der Waals surface area (Å²) in [4.78, 5) is 18.1. The van der Waals surface area contributed by atoms with Gasteiger partial charge < -0.3 is 19.9 Å². The minimum atomic E-state index is -0.0457. The number of hydrogen-bond donors (Lipinski definition) is 2. The lowest BCUT2D eigenvalue weighted by molar-refractivity contribution is 0.194. The lowest BCUT2D eigenvalue weighted by Crippen LogP contribution is -2.40. The molecule has 0 saturated carbocycles. The Balaban J connectivity index is 1.41. The van der Waals surface area contributed by atoms with Crippen molar-refractivity contribution < 1.29 is 9.53 Å². The smallest absolute Gasteiger partial charge is 0.321 e. The van der Waals surface area contributed by atoms with E-state index in [1.807, 2.05) is 29.2 Å². The summed E-state index contributed by atoms with van der Waals surface area (Å²) >= 11 is 0. The van der Waals surface area contributed by atoms with Crippen molar-refractivity contribution in [2.75, 3.05) is 25.5 Å². The number of piperidine rings is 1. The number of aromatic nitrogens is 1. The number of fused-ring (bicyclic) bond motifs is 1. The Hall–Kier alpha value is -2.95. The van der Waals surface area contributed by atoms with Crippen molar-refractivity contribution in [2.45, 2.75) is 32.6 Å². The van der Waals surface area contributed by atoms with Crippen LogP contribution in [0.15, 0.2) is 42.5 Å². The van der Waals surface area contributed by atoms with Crippen molar-refractivity contribution in [2.24, 2.45) is 0 Å². The van der Waals surface area contributed by atoms with Crippen molar-refractivity contribution >= 4 is 22.6 Å². The van der Waals surface area contributed by atoms with E-state index in [2.05, 4.69) is 42.3 Å². The molecule has 0 atom stereocenters. The third-order valence-electron chi connectivity index (χ3n) is 5.76. The first-order chi connectivity index (χ1) is 13.5. The number of rotatable bonds is 3. The number of benzene rings is 2. The molecule has 1 aliphatic heterocycles. The second-order valence-electron chi connectivity index (χ2n) is 7.64. The zero-order valence-corrected chi connectivity index (χ0v) is 16.7. The van der Waals surface area contributed by atoms with Crippen LogP contribution in [0.3, 0.4) is 0 Å². The van der Waals surface area contributed by atoms with Gasteiger partial charge in [-0.2, -0.15) is 0 Å². The van der Waals surface area contributed by atoms with Crippen molar-refractivity contribution in [3.8, 4) is 5.75 Å². The van der Waals surface area contributed by atoms with Gasteiger partial charge in [-0.3, -0.25) is 0 Å².